The number of methoxy groups -OCH3 is 1. The molecule has 5 heteroatoms. The number of nitrogens with two attached hydrogens (primary N) is 1. The van der Waals surface area contributed by atoms with Gasteiger partial charge in [-0.2, -0.15) is 0 Å². The summed E-state index contributed by atoms with van der Waals surface area (Å²) in [6.45, 7) is 4.31. The number of aryl methyl sites for hydroxylation is 1. The Morgan fingerprint density at radius 1 is 1.43 bits per heavy atom. The van der Waals surface area contributed by atoms with E-state index in [2.05, 4.69) is 0 Å². The minimum absolute atomic E-state index is 0.273. The average Bonchev–Trinajstić information content (AvgIpc) is 2.46. The number of para-hydroxylation sites is 1. The lowest BCUT2D eigenvalue weighted by Gasteiger charge is -2.41. The van der Waals surface area contributed by atoms with Crippen molar-refractivity contribution in [2.75, 3.05) is 33.4 Å². The van der Waals surface area contributed by atoms with Crippen LogP contribution in [0.3, 0.4) is 0 Å². The number of benzene rings is 1. The highest BCUT2D eigenvalue weighted by molar-refractivity contribution is 5.75. The number of primary amides is 1. The molecule has 0 bridgehead atoms. The SMILES string of the molecule is COC1(COc2ccccc2C)CCCN(CC(N)=O)C1. The third-order valence-electron chi connectivity index (χ3n) is 4.02. The van der Waals surface area contributed by atoms with Crippen LogP contribution in [-0.4, -0.2) is 49.8 Å². The van der Waals surface area contributed by atoms with Gasteiger partial charge < -0.3 is 15.2 Å². The van der Waals surface area contributed by atoms with E-state index in [0.29, 0.717) is 13.2 Å². The molecule has 116 valence electrons. The van der Waals surface area contributed by atoms with Crippen molar-refractivity contribution in [1.82, 2.24) is 4.90 Å². The van der Waals surface area contributed by atoms with Crippen molar-refractivity contribution in [2.24, 2.45) is 5.73 Å². The van der Waals surface area contributed by atoms with Gasteiger partial charge in [0.25, 0.3) is 0 Å². The van der Waals surface area contributed by atoms with Crippen LogP contribution >= 0.6 is 0 Å². The number of ether oxygens (including phenoxy) is 2. The van der Waals surface area contributed by atoms with Crippen LogP contribution in [0.15, 0.2) is 24.3 Å². The molecule has 0 saturated carbocycles. The van der Waals surface area contributed by atoms with Crippen molar-refractivity contribution < 1.29 is 14.3 Å². The summed E-state index contributed by atoms with van der Waals surface area (Å²) in [5.41, 5.74) is 6.01. The number of likely N-dealkylation sites (tertiary alicyclic amines) is 1. The van der Waals surface area contributed by atoms with E-state index in [1.54, 1.807) is 7.11 Å². The van der Waals surface area contributed by atoms with Crippen LogP contribution in [0.1, 0.15) is 18.4 Å². The molecule has 1 atom stereocenters. The summed E-state index contributed by atoms with van der Waals surface area (Å²) >= 11 is 0. The molecule has 1 heterocycles. The quantitative estimate of drug-likeness (QED) is 0.859. The lowest BCUT2D eigenvalue weighted by molar-refractivity contribution is -0.123. The Bertz CT molecular complexity index is 492. The highest BCUT2D eigenvalue weighted by atomic mass is 16.5. The van der Waals surface area contributed by atoms with E-state index in [1.807, 2.05) is 36.1 Å². The van der Waals surface area contributed by atoms with Crippen LogP contribution in [0, 0.1) is 6.92 Å². The van der Waals surface area contributed by atoms with Gasteiger partial charge in [0.15, 0.2) is 0 Å². The highest BCUT2D eigenvalue weighted by Crippen LogP contribution is 2.26. The number of hydrogen-bond acceptors (Lipinski definition) is 4. The first-order valence-corrected chi connectivity index (χ1v) is 7.29. The zero-order chi connectivity index (χ0) is 15.3. The predicted octanol–water partition coefficient (Wildman–Crippen LogP) is 1.34. The molecule has 1 aromatic carbocycles. The summed E-state index contributed by atoms with van der Waals surface area (Å²) < 4.78 is 11.7. The topological polar surface area (TPSA) is 64.8 Å². The van der Waals surface area contributed by atoms with Gasteiger partial charge in [-0.1, -0.05) is 18.2 Å². The molecule has 2 N–H and O–H groups in total. The van der Waals surface area contributed by atoms with Gasteiger partial charge in [-0.05, 0) is 37.9 Å². The van der Waals surface area contributed by atoms with Gasteiger partial charge in [0.2, 0.25) is 5.91 Å². The van der Waals surface area contributed by atoms with Gasteiger partial charge in [-0.15, -0.1) is 0 Å². The predicted molar refractivity (Wildman–Crippen MR) is 81.3 cm³/mol. The van der Waals surface area contributed by atoms with Crippen molar-refractivity contribution in [3.05, 3.63) is 29.8 Å². The Morgan fingerprint density at radius 3 is 2.86 bits per heavy atom. The molecule has 0 spiro atoms. The van der Waals surface area contributed by atoms with Crippen molar-refractivity contribution in [2.45, 2.75) is 25.4 Å². The maximum absolute atomic E-state index is 11.1. The monoisotopic (exact) mass is 292 g/mol. The first-order valence-electron chi connectivity index (χ1n) is 7.29. The summed E-state index contributed by atoms with van der Waals surface area (Å²) in [6.07, 6.45) is 1.89. The molecule has 1 aromatic rings. The first kappa shape index (κ1) is 15.8. The Balaban J connectivity index is 2.00. The molecular formula is C16H24N2O3. The Labute approximate surface area is 126 Å². The normalized spacial score (nSPS) is 23.0. The highest BCUT2D eigenvalue weighted by Gasteiger charge is 2.36. The van der Waals surface area contributed by atoms with Gasteiger partial charge in [0, 0.05) is 13.7 Å². The first-order chi connectivity index (χ1) is 10.0. The maximum atomic E-state index is 11.1. The number of rotatable bonds is 6. The molecular weight excluding hydrogens is 268 g/mol. The maximum Gasteiger partial charge on any atom is 0.231 e. The van der Waals surface area contributed by atoms with Gasteiger partial charge in [-0.25, -0.2) is 0 Å². The van der Waals surface area contributed by atoms with Crippen LogP contribution in [-0.2, 0) is 9.53 Å². The Kier molecular flexibility index (Phi) is 5.20. The van der Waals surface area contributed by atoms with E-state index in [-0.39, 0.29) is 18.1 Å². The number of carbonyl (C=O) groups excluding carboxylic acids is 1. The smallest absolute Gasteiger partial charge is 0.231 e. The van der Waals surface area contributed by atoms with Crippen LogP contribution in [0.2, 0.25) is 0 Å². The molecule has 1 amide bonds. The van der Waals surface area contributed by atoms with E-state index in [9.17, 15) is 4.79 Å². The lowest BCUT2D eigenvalue weighted by atomic mass is 9.93. The standard InChI is InChI=1S/C16H24N2O3/c1-13-6-3-4-7-14(13)21-12-16(20-2)8-5-9-18(11-16)10-15(17)19/h3-4,6-7H,5,8-12H2,1-2H3,(H2,17,19). The van der Waals surface area contributed by atoms with E-state index < -0.39 is 0 Å². The molecule has 1 fully saturated rings. The molecule has 0 aliphatic carbocycles. The third-order valence-corrected chi connectivity index (χ3v) is 4.02. The van der Waals surface area contributed by atoms with Gasteiger partial charge in [0.1, 0.15) is 18.0 Å². The average molecular weight is 292 g/mol. The van der Waals surface area contributed by atoms with Gasteiger partial charge in [-0.3, -0.25) is 9.69 Å². The number of piperidine rings is 1. The molecule has 0 aromatic heterocycles. The third kappa shape index (κ3) is 4.19. The van der Waals surface area contributed by atoms with Gasteiger partial charge >= 0.3 is 0 Å². The number of amides is 1. The zero-order valence-electron chi connectivity index (χ0n) is 12.8. The molecule has 2 rings (SSSR count). The zero-order valence-corrected chi connectivity index (χ0v) is 12.8. The second-order valence-corrected chi connectivity index (χ2v) is 5.72. The minimum Gasteiger partial charge on any atom is -0.490 e. The number of carbonyl (C=O) groups is 1. The van der Waals surface area contributed by atoms with Crippen molar-refractivity contribution in [1.29, 1.82) is 0 Å². The fourth-order valence-corrected chi connectivity index (χ4v) is 2.82. The molecule has 21 heavy (non-hydrogen) atoms. The summed E-state index contributed by atoms with van der Waals surface area (Å²) in [7, 11) is 1.70. The Morgan fingerprint density at radius 2 is 2.19 bits per heavy atom. The fraction of sp³-hybridized carbons (Fsp3) is 0.562. The van der Waals surface area contributed by atoms with Gasteiger partial charge in [0.05, 0.1) is 6.54 Å². The minimum atomic E-state index is -0.379. The summed E-state index contributed by atoms with van der Waals surface area (Å²) in [5, 5.41) is 0. The van der Waals surface area contributed by atoms with E-state index in [0.717, 1.165) is 30.7 Å². The molecule has 1 aliphatic heterocycles. The molecule has 0 radical (unpaired) electrons. The summed E-state index contributed by atoms with van der Waals surface area (Å²) in [4.78, 5) is 13.1. The van der Waals surface area contributed by atoms with Crippen LogP contribution in [0.4, 0.5) is 0 Å². The van der Waals surface area contributed by atoms with Crippen molar-refractivity contribution in [3.63, 3.8) is 0 Å². The molecule has 5 nitrogen and oxygen atoms in total. The largest absolute Gasteiger partial charge is 0.490 e. The van der Waals surface area contributed by atoms with E-state index in [1.165, 1.54) is 0 Å². The second-order valence-electron chi connectivity index (χ2n) is 5.72. The van der Waals surface area contributed by atoms with Crippen molar-refractivity contribution in [3.8, 4) is 5.75 Å². The number of hydrogen-bond donors (Lipinski definition) is 1. The van der Waals surface area contributed by atoms with Crippen molar-refractivity contribution >= 4 is 5.91 Å². The van der Waals surface area contributed by atoms with E-state index >= 15 is 0 Å². The van der Waals surface area contributed by atoms with E-state index in [4.69, 9.17) is 15.2 Å². The Hall–Kier alpha value is -1.59. The van der Waals surface area contributed by atoms with Crippen LogP contribution < -0.4 is 10.5 Å². The second kappa shape index (κ2) is 6.91. The van der Waals surface area contributed by atoms with Crippen LogP contribution in [0.25, 0.3) is 0 Å². The molecule has 1 saturated heterocycles. The lowest BCUT2D eigenvalue weighted by Crippen LogP contribution is -2.54. The summed E-state index contributed by atoms with van der Waals surface area (Å²) in [5.74, 6) is 0.572. The summed E-state index contributed by atoms with van der Waals surface area (Å²) in [6, 6.07) is 7.93. The molecule has 1 aliphatic rings. The van der Waals surface area contributed by atoms with Crippen LogP contribution in [0.5, 0.6) is 5.75 Å². The molecule has 1 unspecified atom stereocenters. The fourth-order valence-electron chi connectivity index (χ4n) is 2.82. The number of nitrogens with zero attached hydrogens (tertiary/aromatic N) is 1.